The Bertz CT molecular complexity index is 1010. The number of para-hydroxylation sites is 1. The number of pyridine rings is 1. The molecule has 30 heavy (non-hydrogen) atoms. The van der Waals surface area contributed by atoms with Gasteiger partial charge in [-0.25, -0.2) is 0 Å². The van der Waals surface area contributed by atoms with Gasteiger partial charge in [0.05, 0.1) is 17.0 Å². The summed E-state index contributed by atoms with van der Waals surface area (Å²) < 4.78 is 38.8. The number of hydrogen-bond acceptors (Lipinski definition) is 2. The molecular formula is C24H27F3N2O. The van der Waals surface area contributed by atoms with Gasteiger partial charge in [0, 0.05) is 23.7 Å². The zero-order chi connectivity index (χ0) is 21.9. The summed E-state index contributed by atoms with van der Waals surface area (Å²) in [6.45, 7) is 6.63. The third kappa shape index (κ3) is 4.91. The molecule has 0 aliphatic heterocycles. The van der Waals surface area contributed by atoms with Gasteiger partial charge in [-0.3, -0.25) is 9.78 Å². The standard InChI is InChI=1S/C24H27F3N2O/c1-4-15(2)16(3)13-29-23(30)19-12-18-6-5-7-21(22(18)28-14-19)17-8-10-20(11-9-17)24(25,26)27/h5-8,12,14,20H,4,9-11,13H2,1-3H3,(H,29,30). The van der Waals surface area contributed by atoms with Gasteiger partial charge >= 0.3 is 6.18 Å². The molecule has 1 amide bonds. The Morgan fingerprint density at radius 1 is 1.23 bits per heavy atom. The number of benzene rings is 1. The molecule has 1 unspecified atom stereocenters. The molecule has 0 fully saturated rings. The van der Waals surface area contributed by atoms with Crippen LogP contribution in [-0.4, -0.2) is 23.6 Å². The van der Waals surface area contributed by atoms with E-state index in [4.69, 9.17) is 0 Å². The highest BCUT2D eigenvalue weighted by atomic mass is 19.4. The van der Waals surface area contributed by atoms with Crippen molar-refractivity contribution in [2.24, 2.45) is 5.92 Å². The van der Waals surface area contributed by atoms with Gasteiger partial charge in [-0.05, 0) is 51.2 Å². The minimum absolute atomic E-state index is 0.000242. The van der Waals surface area contributed by atoms with Crippen LogP contribution in [-0.2, 0) is 0 Å². The van der Waals surface area contributed by atoms with Crippen molar-refractivity contribution in [3.63, 3.8) is 0 Å². The molecule has 0 saturated carbocycles. The van der Waals surface area contributed by atoms with Crippen molar-refractivity contribution in [3.05, 3.63) is 58.8 Å². The lowest BCUT2D eigenvalue weighted by molar-refractivity contribution is -0.175. The van der Waals surface area contributed by atoms with E-state index in [1.54, 1.807) is 12.1 Å². The summed E-state index contributed by atoms with van der Waals surface area (Å²) in [6.07, 6.45) is 0.483. The van der Waals surface area contributed by atoms with E-state index < -0.39 is 12.1 Å². The Kier molecular flexibility index (Phi) is 6.64. The summed E-state index contributed by atoms with van der Waals surface area (Å²) in [7, 11) is 0. The number of aromatic nitrogens is 1. The highest BCUT2D eigenvalue weighted by molar-refractivity contribution is 5.99. The minimum atomic E-state index is -4.15. The van der Waals surface area contributed by atoms with E-state index in [2.05, 4.69) is 24.1 Å². The van der Waals surface area contributed by atoms with Gasteiger partial charge in [0.1, 0.15) is 0 Å². The van der Waals surface area contributed by atoms with Crippen LogP contribution in [0, 0.1) is 5.92 Å². The second-order valence-corrected chi connectivity index (χ2v) is 7.94. The van der Waals surface area contributed by atoms with Crippen LogP contribution in [0.3, 0.4) is 0 Å². The molecule has 3 rings (SSSR count). The van der Waals surface area contributed by atoms with E-state index in [0.717, 1.165) is 28.5 Å². The SMILES string of the molecule is CCC(C)=C(C)CNC(=O)c1cnc2c(C3=CCC(C(F)(F)F)CC3)cccc2c1. The molecule has 1 aliphatic carbocycles. The number of fused-ring (bicyclic) bond motifs is 1. The van der Waals surface area contributed by atoms with E-state index >= 15 is 0 Å². The number of nitrogens with zero attached hydrogens (tertiary/aromatic N) is 1. The van der Waals surface area contributed by atoms with Crippen molar-refractivity contribution in [1.82, 2.24) is 10.3 Å². The minimum Gasteiger partial charge on any atom is -0.348 e. The lowest BCUT2D eigenvalue weighted by atomic mass is 9.85. The first-order chi connectivity index (χ1) is 14.2. The predicted molar refractivity (Wildman–Crippen MR) is 114 cm³/mol. The largest absolute Gasteiger partial charge is 0.392 e. The average Bonchev–Trinajstić information content (AvgIpc) is 2.75. The molecule has 0 bridgehead atoms. The van der Waals surface area contributed by atoms with Crippen LogP contribution in [0.15, 0.2) is 47.7 Å². The first-order valence-electron chi connectivity index (χ1n) is 10.3. The number of carbonyl (C=O) groups is 1. The average molecular weight is 416 g/mol. The topological polar surface area (TPSA) is 42.0 Å². The van der Waals surface area contributed by atoms with Crippen LogP contribution < -0.4 is 5.32 Å². The molecule has 1 N–H and O–H groups in total. The van der Waals surface area contributed by atoms with Crippen molar-refractivity contribution >= 4 is 22.4 Å². The molecule has 1 heterocycles. The van der Waals surface area contributed by atoms with Gasteiger partial charge in [0.15, 0.2) is 0 Å². The fraction of sp³-hybridized carbons (Fsp3) is 0.417. The number of nitrogens with one attached hydrogen (secondary N) is 1. The molecule has 0 saturated heterocycles. The van der Waals surface area contributed by atoms with Gasteiger partial charge in [0.2, 0.25) is 0 Å². The summed E-state index contributed by atoms with van der Waals surface area (Å²) in [5.74, 6) is -1.46. The number of rotatable bonds is 5. The van der Waals surface area contributed by atoms with Crippen LogP contribution >= 0.6 is 0 Å². The fourth-order valence-corrected chi connectivity index (χ4v) is 3.69. The zero-order valence-corrected chi connectivity index (χ0v) is 17.6. The van der Waals surface area contributed by atoms with Crippen LogP contribution in [0.2, 0.25) is 0 Å². The van der Waals surface area contributed by atoms with Crippen molar-refractivity contribution < 1.29 is 18.0 Å². The predicted octanol–water partition coefficient (Wildman–Crippen LogP) is 6.46. The third-order valence-corrected chi connectivity index (χ3v) is 5.97. The Morgan fingerprint density at radius 3 is 2.63 bits per heavy atom. The normalized spacial score (nSPS) is 18.1. The molecule has 1 atom stereocenters. The lowest BCUT2D eigenvalue weighted by Gasteiger charge is -2.24. The second kappa shape index (κ2) is 9.02. The molecule has 160 valence electrons. The van der Waals surface area contributed by atoms with Crippen molar-refractivity contribution in [2.45, 2.75) is 52.6 Å². The molecular weight excluding hydrogens is 389 g/mol. The number of hydrogen-bond donors (Lipinski definition) is 1. The lowest BCUT2D eigenvalue weighted by Crippen LogP contribution is -2.25. The van der Waals surface area contributed by atoms with Gasteiger partial charge in [-0.2, -0.15) is 13.2 Å². The Morgan fingerprint density at radius 2 is 2.00 bits per heavy atom. The number of alkyl halides is 3. The zero-order valence-electron chi connectivity index (χ0n) is 17.6. The smallest absolute Gasteiger partial charge is 0.348 e. The fourth-order valence-electron chi connectivity index (χ4n) is 3.69. The van der Waals surface area contributed by atoms with Crippen LogP contribution in [0.25, 0.3) is 16.5 Å². The molecule has 1 aromatic carbocycles. The van der Waals surface area contributed by atoms with Crippen LogP contribution in [0.5, 0.6) is 0 Å². The van der Waals surface area contributed by atoms with Gasteiger partial charge < -0.3 is 5.32 Å². The first kappa shape index (κ1) is 22.1. The summed E-state index contributed by atoms with van der Waals surface area (Å²) in [5.41, 5.74) is 5.31. The monoisotopic (exact) mass is 416 g/mol. The highest BCUT2D eigenvalue weighted by Gasteiger charge is 2.39. The molecule has 2 aromatic rings. The molecule has 0 spiro atoms. The summed E-state index contributed by atoms with van der Waals surface area (Å²) in [6, 6.07) is 7.40. The van der Waals surface area contributed by atoms with Gasteiger partial charge in [-0.15, -0.1) is 0 Å². The number of carbonyl (C=O) groups excluding carboxylic acids is 1. The number of halogens is 3. The van der Waals surface area contributed by atoms with E-state index in [9.17, 15) is 18.0 Å². The van der Waals surface area contributed by atoms with Crippen LogP contribution in [0.1, 0.15) is 62.4 Å². The van der Waals surface area contributed by atoms with E-state index in [1.807, 2.05) is 25.1 Å². The number of allylic oxidation sites excluding steroid dienone is 3. The van der Waals surface area contributed by atoms with E-state index in [-0.39, 0.29) is 18.7 Å². The van der Waals surface area contributed by atoms with E-state index in [0.29, 0.717) is 24.0 Å². The van der Waals surface area contributed by atoms with Gasteiger partial charge in [0.25, 0.3) is 5.91 Å². The molecule has 0 radical (unpaired) electrons. The quantitative estimate of drug-likeness (QED) is 0.569. The van der Waals surface area contributed by atoms with Crippen molar-refractivity contribution in [3.8, 4) is 0 Å². The maximum atomic E-state index is 12.9. The first-order valence-corrected chi connectivity index (χ1v) is 10.3. The maximum absolute atomic E-state index is 12.9. The third-order valence-electron chi connectivity index (χ3n) is 5.97. The Balaban J connectivity index is 1.81. The van der Waals surface area contributed by atoms with Gasteiger partial charge in [-0.1, -0.05) is 42.3 Å². The maximum Gasteiger partial charge on any atom is 0.392 e. The molecule has 6 heteroatoms. The molecule has 1 aromatic heterocycles. The van der Waals surface area contributed by atoms with Crippen molar-refractivity contribution in [1.29, 1.82) is 0 Å². The summed E-state index contributed by atoms with van der Waals surface area (Å²) in [4.78, 5) is 17.0. The molecule has 3 nitrogen and oxygen atoms in total. The Hall–Kier alpha value is -2.63. The highest BCUT2D eigenvalue weighted by Crippen LogP contribution is 2.40. The summed E-state index contributed by atoms with van der Waals surface area (Å²) in [5, 5.41) is 3.72. The van der Waals surface area contributed by atoms with Crippen molar-refractivity contribution in [2.75, 3.05) is 6.54 Å². The molecule has 1 aliphatic rings. The Labute approximate surface area is 175 Å². The van der Waals surface area contributed by atoms with E-state index in [1.165, 1.54) is 11.8 Å². The number of amides is 1. The van der Waals surface area contributed by atoms with Crippen LogP contribution in [0.4, 0.5) is 13.2 Å². The summed E-state index contributed by atoms with van der Waals surface area (Å²) >= 11 is 0. The second-order valence-electron chi connectivity index (χ2n) is 7.94.